The fourth-order valence-corrected chi connectivity index (χ4v) is 4.67. The molecule has 21 heavy (non-hydrogen) atoms. The summed E-state index contributed by atoms with van der Waals surface area (Å²) in [5.74, 6) is -0.314. The van der Waals surface area contributed by atoms with Crippen LogP contribution in [-0.4, -0.2) is 39.7 Å². The monoisotopic (exact) mass is 331 g/mol. The van der Waals surface area contributed by atoms with Gasteiger partial charge in [0.15, 0.2) is 9.84 Å². The minimum absolute atomic E-state index is 0.0395. The summed E-state index contributed by atoms with van der Waals surface area (Å²) in [5, 5.41) is 3.40. The second-order valence-electron chi connectivity index (χ2n) is 5.14. The first-order valence-corrected chi connectivity index (χ1v) is 9.45. The summed E-state index contributed by atoms with van der Waals surface area (Å²) < 4.78 is 24.6. The van der Waals surface area contributed by atoms with Crippen LogP contribution in [0.25, 0.3) is 0 Å². The van der Waals surface area contributed by atoms with Crippen LogP contribution in [0.2, 0.25) is 0 Å². The molecule has 6 nitrogen and oxygen atoms in total. The lowest BCUT2D eigenvalue weighted by molar-refractivity contribution is 0.0956. The fourth-order valence-electron chi connectivity index (χ4n) is 1.90. The van der Waals surface area contributed by atoms with Gasteiger partial charge in [-0.3, -0.25) is 4.79 Å². The topological polar surface area (TPSA) is 92.5 Å². The molecule has 1 aromatic rings. The summed E-state index contributed by atoms with van der Waals surface area (Å²) >= 11 is 1.15. The van der Waals surface area contributed by atoms with E-state index in [1.807, 2.05) is 6.92 Å². The number of nitrogens with two attached hydrogens (primary N) is 1. The number of carbonyl (C=O) groups is 1. The van der Waals surface area contributed by atoms with E-state index in [4.69, 9.17) is 5.73 Å². The Balaban J connectivity index is 2.51. The number of anilines is 2. The Kier molecular flexibility index (Phi) is 4.48. The summed E-state index contributed by atoms with van der Waals surface area (Å²) in [4.78, 5) is 14.4. The molecule has 0 atom stereocenters. The van der Waals surface area contributed by atoms with E-state index in [1.54, 1.807) is 18.9 Å². The number of amides is 1. The normalized spacial score (nSPS) is 15.0. The minimum atomic E-state index is -3.48. The van der Waals surface area contributed by atoms with Gasteiger partial charge in [-0.1, -0.05) is 6.92 Å². The summed E-state index contributed by atoms with van der Waals surface area (Å²) in [6.45, 7) is 4.13. The molecule has 2 rings (SSSR count). The highest BCUT2D eigenvalue weighted by molar-refractivity contribution is 7.92. The first kappa shape index (κ1) is 16.1. The van der Waals surface area contributed by atoms with E-state index in [1.165, 1.54) is 0 Å². The predicted molar refractivity (Wildman–Crippen MR) is 85.9 cm³/mol. The molecule has 1 amide bonds. The van der Waals surface area contributed by atoms with Gasteiger partial charge in [0.2, 0.25) is 0 Å². The van der Waals surface area contributed by atoms with Crippen molar-refractivity contribution < 1.29 is 13.2 Å². The number of nitrogens with zero attached hydrogens (tertiary/aromatic N) is 1. The Labute approximate surface area is 129 Å². The summed E-state index contributed by atoms with van der Waals surface area (Å²) in [7, 11) is -1.68. The second kappa shape index (κ2) is 5.84. The van der Waals surface area contributed by atoms with E-state index in [9.17, 15) is 13.2 Å². The van der Waals surface area contributed by atoms with E-state index in [0.29, 0.717) is 16.4 Å². The molecule has 0 aromatic carbocycles. The van der Waals surface area contributed by atoms with E-state index < -0.39 is 9.84 Å². The third-order valence-electron chi connectivity index (χ3n) is 3.51. The van der Waals surface area contributed by atoms with Gasteiger partial charge in [0.05, 0.1) is 11.4 Å². The van der Waals surface area contributed by atoms with Gasteiger partial charge in [0.1, 0.15) is 14.8 Å². The Morgan fingerprint density at radius 3 is 2.52 bits per heavy atom. The van der Waals surface area contributed by atoms with Crippen LogP contribution in [0.1, 0.15) is 36.4 Å². The predicted octanol–water partition coefficient (Wildman–Crippen LogP) is 1.47. The maximum Gasteiger partial charge on any atom is 0.263 e. The number of thiophene rings is 1. The fraction of sp³-hybridized carbons (Fsp3) is 0.615. The van der Waals surface area contributed by atoms with Gasteiger partial charge in [-0.2, -0.15) is 0 Å². The molecule has 0 spiro atoms. The van der Waals surface area contributed by atoms with Crippen molar-refractivity contribution >= 4 is 37.8 Å². The van der Waals surface area contributed by atoms with Crippen molar-refractivity contribution in [2.24, 2.45) is 0 Å². The molecule has 0 bridgehead atoms. The maximum atomic E-state index is 12.3. The van der Waals surface area contributed by atoms with Crippen LogP contribution in [0.3, 0.4) is 0 Å². The Hall–Kier alpha value is -1.28. The van der Waals surface area contributed by atoms with Gasteiger partial charge in [0, 0.05) is 19.6 Å². The quantitative estimate of drug-likeness (QED) is 0.823. The number of hydrogen-bond acceptors (Lipinski definition) is 6. The van der Waals surface area contributed by atoms with Crippen molar-refractivity contribution in [3.8, 4) is 0 Å². The van der Waals surface area contributed by atoms with Crippen molar-refractivity contribution in [3.63, 3.8) is 0 Å². The van der Waals surface area contributed by atoms with Crippen molar-refractivity contribution in [1.82, 2.24) is 5.32 Å². The Morgan fingerprint density at radius 2 is 2.05 bits per heavy atom. The van der Waals surface area contributed by atoms with Crippen LogP contribution < -0.4 is 16.0 Å². The first-order chi connectivity index (χ1) is 9.81. The highest BCUT2D eigenvalue weighted by atomic mass is 32.2. The van der Waals surface area contributed by atoms with Gasteiger partial charge in [-0.05, 0) is 19.8 Å². The lowest BCUT2D eigenvalue weighted by atomic mass is 10.3. The summed E-state index contributed by atoms with van der Waals surface area (Å²) in [6.07, 6.45) is 1.94. The molecule has 0 aliphatic heterocycles. The summed E-state index contributed by atoms with van der Waals surface area (Å²) in [6, 6.07) is 0.206. The van der Waals surface area contributed by atoms with Gasteiger partial charge in [-0.25, -0.2) is 8.42 Å². The third-order valence-corrected chi connectivity index (χ3v) is 6.76. The van der Waals surface area contributed by atoms with Gasteiger partial charge >= 0.3 is 0 Å². The lowest BCUT2D eigenvalue weighted by Gasteiger charge is -2.16. The van der Waals surface area contributed by atoms with E-state index in [-0.39, 0.29) is 28.3 Å². The van der Waals surface area contributed by atoms with Crippen LogP contribution in [0.5, 0.6) is 0 Å². The first-order valence-electron chi connectivity index (χ1n) is 6.98. The zero-order valence-corrected chi connectivity index (χ0v) is 14.1. The number of nitrogens with one attached hydrogen (secondary N) is 1. The van der Waals surface area contributed by atoms with Crippen molar-refractivity contribution in [1.29, 1.82) is 0 Å². The van der Waals surface area contributed by atoms with Gasteiger partial charge in [-0.15, -0.1) is 11.3 Å². The van der Waals surface area contributed by atoms with Crippen LogP contribution in [-0.2, 0) is 9.84 Å². The molecule has 3 N–H and O–H groups in total. The van der Waals surface area contributed by atoms with Crippen LogP contribution in [0, 0.1) is 0 Å². The molecule has 8 heteroatoms. The molecular formula is C13H21N3O3S2. The van der Waals surface area contributed by atoms with Crippen molar-refractivity contribution in [2.45, 2.75) is 37.6 Å². The number of carbonyl (C=O) groups excluding carboxylic acids is 1. The van der Waals surface area contributed by atoms with Crippen LogP contribution in [0.15, 0.2) is 4.90 Å². The van der Waals surface area contributed by atoms with Crippen LogP contribution >= 0.6 is 11.3 Å². The number of nitrogen functional groups attached to an aromatic ring is 1. The summed E-state index contributed by atoms with van der Waals surface area (Å²) in [5.41, 5.74) is 6.08. The lowest BCUT2D eigenvalue weighted by Crippen LogP contribution is -2.25. The average molecular weight is 331 g/mol. The van der Waals surface area contributed by atoms with Crippen molar-refractivity contribution in [3.05, 3.63) is 4.88 Å². The average Bonchev–Trinajstić information content (AvgIpc) is 3.18. The van der Waals surface area contributed by atoms with E-state index in [2.05, 4.69) is 5.32 Å². The number of hydrogen-bond donors (Lipinski definition) is 2. The Bertz CT molecular complexity index is 648. The standard InChI is InChI=1S/C13H21N3O3S2/c1-4-16(3)13-11(21(18,19)5-2)9(14)10(20-13)12(17)15-8-6-7-8/h8H,4-7,14H2,1-3H3,(H,15,17). The van der Waals surface area contributed by atoms with E-state index in [0.717, 1.165) is 24.2 Å². The van der Waals surface area contributed by atoms with Crippen LogP contribution in [0.4, 0.5) is 10.7 Å². The SMILES string of the molecule is CCN(C)c1sc(C(=O)NC2CC2)c(N)c1S(=O)(=O)CC. The van der Waals surface area contributed by atoms with Gasteiger partial charge < -0.3 is 16.0 Å². The molecule has 1 heterocycles. The highest BCUT2D eigenvalue weighted by Crippen LogP contribution is 2.41. The molecule has 1 aromatic heterocycles. The second-order valence-corrected chi connectivity index (χ2v) is 8.36. The molecule has 1 aliphatic rings. The highest BCUT2D eigenvalue weighted by Gasteiger charge is 2.32. The molecule has 0 radical (unpaired) electrons. The molecule has 1 saturated carbocycles. The minimum Gasteiger partial charge on any atom is -0.396 e. The molecular weight excluding hydrogens is 310 g/mol. The maximum absolute atomic E-state index is 12.3. The zero-order chi connectivity index (χ0) is 15.8. The molecule has 118 valence electrons. The zero-order valence-electron chi connectivity index (χ0n) is 12.5. The largest absolute Gasteiger partial charge is 0.396 e. The third kappa shape index (κ3) is 3.16. The molecule has 0 unspecified atom stereocenters. The molecule has 0 saturated heterocycles. The number of sulfone groups is 1. The Morgan fingerprint density at radius 1 is 1.43 bits per heavy atom. The molecule has 1 fully saturated rings. The van der Waals surface area contributed by atoms with Gasteiger partial charge in [0.25, 0.3) is 5.91 Å². The smallest absolute Gasteiger partial charge is 0.263 e. The molecule has 1 aliphatic carbocycles. The number of rotatable bonds is 6. The van der Waals surface area contributed by atoms with E-state index >= 15 is 0 Å². The van der Waals surface area contributed by atoms with Crippen molar-refractivity contribution in [2.75, 3.05) is 30.0 Å².